The largest absolute Gasteiger partial charge is 0.383 e. The van der Waals surface area contributed by atoms with E-state index in [1.54, 1.807) is 6.20 Å². The average molecular weight is 499 g/mol. The Kier molecular flexibility index (Phi) is 9.87. The van der Waals surface area contributed by atoms with Gasteiger partial charge in [0.2, 0.25) is 0 Å². The van der Waals surface area contributed by atoms with Gasteiger partial charge in [0, 0.05) is 20.3 Å². The van der Waals surface area contributed by atoms with Crippen LogP contribution in [-0.4, -0.2) is 50.0 Å². The van der Waals surface area contributed by atoms with Crippen LogP contribution in [0, 0.1) is 11.3 Å². The summed E-state index contributed by atoms with van der Waals surface area (Å²) in [7, 11) is 3.77. The molecule has 0 saturated carbocycles. The van der Waals surface area contributed by atoms with Crippen LogP contribution in [0.15, 0.2) is 103 Å². The first-order chi connectivity index (χ1) is 18.1. The summed E-state index contributed by atoms with van der Waals surface area (Å²) in [6.07, 6.45) is -0.117. The fraction of sp³-hybridized carbons (Fsp3) is 0.323. The smallest absolute Gasteiger partial charge is 0.123 e. The van der Waals surface area contributed by atoms with Crippen LogP contribution in [0.25, 0.3) is 0 Å². The minimum absolute atomic E-state index is 0.316. The maximum Gasteiger partial charge on any atom is 0.123 e. The van der Waals surface area contributed by atoms with Gasteiger partial charge < -0.3 is 23.8 Å². The SMILES string of the molecule is CN(C)C=C(C#N)C1O[C@H](COCc2ccccc2)[C@@H](OCc2ccccc2)[C@H]1OCc1ccccc1. The molecule has 1 aliphatic heterocycles. The number of hydrogen-bond acceptors (Lipinski definition) is 6. The Morgan fingerprint density at radius 1 is 0.784 bits per heavy atom. The van der Waals surface area contributed by atoms with Gasteiger partial charge in [-0.3, -0.25) is 0 Å². The molecule has 0 radical (unpaired) electrons. The third kappa shape index (κ3) is 7.75. The highest BCUT2D eigenvalue weighted by molar-refractivity contribution is 5.29. The maximum absolute atomic E-state index is 9.99. The second-order valence-corrected chi connectivity index (χ2v) is 9.28. The summed E-state index contributed by atoms with van der Waals surface area (Å²) >= 11 is 0. The van der Waals surface area contributed by atoms with Crippen LogP contribution in [0.2, 0.25) is 0 Å². The summed E-state index contributed by atoms with van der Waals surface area (Å²) in [6.45, 7) is 1.57. The molecule has 1 fully saturated rings. The Hall–Kier alpha value is -3.47. The molecule has 3 aromatic carbocycles. The molecular formula is C31H34N2O4. The van der Waals surface area contributed by atoms with Gasteiger partial charge in [-0.2, -0.15) is 5.26 Å². The van der Waals surface area contributed by atoms with E-state index in [9.17, 15) is 5.26 Å². The number of hydrogen-bond donors (Lipinski definition) is 0. The van der Waals surface area contributed by atoms with Gasteiger partial charge in [0.05, 0.1) is 38.1 Å². The van der Waals surface area contributed by atoms with E-state index in [0.29, 0.717) is 32.0 Å². The molecule has 192 valence electrons. The zero-order valence-corrected chi connectivity index (χ0v) is 21.4. The van der Waals surface area contributed by atoms with Gasteiger partial charge in [0.25, 0.3) is 0 Å². The average Bonchev–Trinajstić information content (AvgIpc) is 3.28. The lowest BCUT2D eigenvalue weighted by Gasteiger charge is -2.25. The van der Waals surface area contributed by atoms with Crippen molar-refractivity contribution in [2.75, 3.05) is 20.7 Å². The highest BCUT2D eigenvalue weighted by Crippen LogP contribution is 2.33. The highest BCUT2D eigenvalue weighted by atomic mass is 16.6. The molecule has 1 heterocycles. The molecule has 1 aliphatic rings. The molecule has 0 aromatic heterocycles. The summed E-state index contributed by atoms with van der Waals surface area (Å²) in [6, 6.07) is 32.3. The maximum atomic E-state index is 9.99. The molecule has 6 nitrogen and oxygen atoms in total. The van der Waals surface area contributed by atoms with Gasteiger partial charge in [-0.25, -0.2) is 0 Å². The molecular weight excluding hydrogens is 464 g/mol. The number of rotatable bonds is 12. The van der Waals surface area contributed by atoms with E-state index < -0.39 is 24.4 Å². The van der Waals surface area contributed by atoms with E-state index in [1.165, 1.54) is 0 Å². The fourth-order valence-corrected chi connectivity index (χ4v) is 4.34. The summed E-state index contributed by atoms with van der Waals surface area (Å²) in [5, 5.41) is 9.99. The lowest BCUT2D eigenvalue weighted by molar-refractivity contribution is -0.0896. The molecule has 3 aromatic rings. The van der Waals surface area contributed by atoms with Crippen molar-refractivity contribution in [1.82, 2.24) is 4.90 Å². The molecule has 0 amide bonds. The highest BCUT2D eigenvalue weighted by Gasteiger charge is 2.48. The molecule has 0 aliphatic carbocycles. The Morgan fingerprint density at radius 2 is 1.27 bits per heavy atom. The van der Waals surface area contributed by atoms with Gasteiger partial charge >= 0.3 is 0 Å². The second kappa shape index (κ2) is 13.7. The van der Waals surface area contributed by atoms with E-state index in [4.69, 9.17) is 18.9 Å². The van der Waals surface area contributed by atoms with Crippen LogP contribution in [0.4, 0.5) is 0 Å². The third-order valence-corrected chi connectivity index (χ3v) is 6.11. The van der Waals surface area contributed by atoms with E-state index in [-0.39, 0.29) is 0 Å². The molecule has 4 rings (SSSR count). The minimum atomic E-state index is -0.581. The van der Waals surface area contributed by atoms with Gasteiger partial charge in [0.15, 0.2) is 0 Å². The predicted molar refractivity (Wildman–Crippen MR) is 142 cm³/mol. The molecule has 0 bridgehead atoms. The van der Waals surface area contributed by atoms with Crippen molar-refractivity contribution in [3.8, 4) is 6.07 Å². The van der Waals surface area contributed by atoms with E-state index in [2.05, 4.69) is 6.07 Å². The molecule has 0 spiro atoms. The molecule has 1 saturated heterocycles. The molecule has 1 unspecified atom stereocenters. The van der Waals surface area contributed by atoms with Crippen LogP contribution < -0.4 is 0 Å². The summed E-state index contributed by atoms with van der Waals surface area (Å²) in [5.74, 6) is 0. The van der Waals surface area contributed by atoms with Crippen molar-refractivity contribution in [1.29, 1.82) is 5.26 Å². The Morgan fingerprint density at radius 3 is 1.76 bits per heavy atom. The van der Waals surface area contributed by atoms with Crippen LogP contribution in [0.3, 0.4) is 0 Å². The standard InChI is InChI=1S/C31H34N2O4/c1-33(2)19-27(18-32)29-31(36-22-26-16-10-5-11-17-26)30(35-21-25-14-8-4-9-15-25)28(37-29)23-34-20-24-12-6-3-7-13-24/h3-17,19,28-31H,20-23H2,1-2H3/t28-,29?,30-,31+/m1/s1. The van der Waals surface area contributed by atoms with Crippen LogP contribution in [0.5, 0.6) is 0 Å². The first-order valence-electron chi connectivity index (χ1n) is 12.5. The first-order valence-corrected chi connectivity index (χ1v) is 12.5. The van der Waals surface area contributed by atoms with Crippen molar-refractivity contribution in [3.05, 3.63) is 119 Å². The fourth-order valence-electron chi connectivity index (χ4n) is 4.34. The summed E-state index contributed by atoms with van der Waals surface area (Å²) in [5.41, 5.74) is 3.67. The van der Waals surface area contributed by atoms with Gasteiger partial charge in [-0.1, -0.05) is 91.0 Å². The normalized spacial score (nSPS) is 21.5. The van der Waals surface area contributed by atoms with Crippen molar-refractivity contribution in [2.45, 2.75) is 44.2 Å². The number of benzene rings is 3. The third-order valence-electron chi connectivity index (χ3n) is 6.11. The van der Waals surface area contributed by atoms with Crippen molar-refractivity contribution in [2.24, 2.45) is 0 Å². The number of nitrogens with zero attached hydrogens (tertiary/aromatic N) is 2. The van der Waals surface area contributed by atoms with Gasteiger partial charge in [-0.15, -0.1) is 0 Å². The molecule has 6 heteroatoms. The summed E-state index contributed by atoms with van der Waals surface area (Å²) in [4.78, 5) is 1.84. The van der Waals surface area contributed by atoms with Gasteiger partial charge in [-0.05, 0) is 16.7 Å². The number of nitriles is 1. The van der Waals surface area contributed by atoms with E-state index in [0.717, 1.165) is 16.7 Å². The predicted octanol–water partition coefficient (Wildman–Crippen LogP) is 5.11. The van der Waals surface area contributed by atoms with Crippen LogP contribution in [-0.2, 0) is 38.8 Å². The Balaban J connectivity index is 1.56. The van der Waals surface area contributed by atoms with Crippen LogP contribution in [0.1, 0.15) is 16.7 Å². The molecule has 4 atom stereocenters. The van der Waals surface area contributed by atoms with Crippen molar-refractivity contribution >= 4 is 0 Å². The van der Waals surface area contributed by atoms with E-state index in [1.807, 2.05) is 110 Å². The van der Waals surface area contributed by atoms with Crippen molar-refractivity contribution in [3.63, 3.8) is 0 Å². The lowest BCUT2D eigenvalue weighted by Crippen LogP contribution is -2.39. The minimum Gasteiger partial charge on any atom is -0.383 e. The molecule has 0 N–H and O–H groups in total. The second-order valence-electron chi connectivity index (χ2n) is 9.28. The van der Waals surface area contributed by atoms with Gasteiger partial charge in [0.1, 0.15) is 24.4 Å². The Labute approximate surface area is 219 Å². The van der Waals surface area contributed by atoms with Crippen LogP contribution >= 0.6 is 0 Å². The molecule has 37 heavy (non-hydrogen) atoms. The monoisotopic (exact) mass is 498 g/mol. The zero-order valence-electron chi connectivity index (χ0n) is 21.4. The number of ether oxygens (including phenoxy) is 4. The first kappa shape index (κ1) is 26.6. The topological polar surface area (TPSA) is 64.0 Å². The van der Waals surface area contributed by atoms with Crippen molar-refractivity contribution < 1.29 is 18.9 Å². The summed E-state index contributed by atoms with van der Waals surface area (Å²) < 4.78 is 25.4. The quantitative estimate of drug-likeness (QED) is 0.324. The zero-order chi connectivity index (χ0) is 25.9. The lowest BCUT2D eigenvalue weighted by atomic mass is 10.0. The Bertz CT molecular complexity index is 1150. The van der Waals surface area contributed by atoms with E-state index >= 15 is 0 Å².